The zero-order valence-corrected chi connectivity index (χ0v) is 11.5. The molecular weight excluding hydrogens is 268 g/mol. The van der Waals surface area contributed by atoms with Crippen LogP contribution in [0.2, 0.25) is 0 Å². The summed E-state index contributed by atoms with van der Waals surface area (Å²) < 4.78 is 6.89. The van der Waals surface area contributed by atoms with Gasteiger partial charge in [-0.2, -0.15) is 4.52 Å². The van der Waals surface area contributed by atoms with Crippen molar-refractivity contribution in [2.24, 2.45) is 0 Å². The van der Waals surface area contributed by atoms with Crippen LogP contribution in [0.1, 0.15) is 24.5 Å². The van der Waals surface area contributed by atoms with Crippen molar-refractivity contribution in [3.63, 3.8) is 0 Å². The lowest BCUT2D eigenvalue weighted by Crippen LogP contribution is -2.27. The molecule has 1 saturated heterocycles. The number of nitrogens with two attached hydrogens (primary N) is 1. The van der Waals surface area contributed by atoms with Crippen molar-refractivity contribution in [3.8, 4) is 11.6 Å². The maximum Gasteiger partial charge on any atom is 0.223 e. The van der Waals surface area contributed by atoms with Gasteiger partial charge in [-0.1, -0.05) is 0 Å². The fourth-order valence-electron chi connectivity index (χ4n) is 2.77. The Morgan fingerprint density at radius 3 is 2.90 bits per heavy atom. The highest BCUT2D eigenvalue weighted by Gasteiger charge is 2.19. The first-order valence-electron chi connectivity index (χ1n) is 7.09. The number of piperidine rings is 1. The van der Waals surface area contributed by atoms with Crippen molar-refractivity contribution < 1.29 is 4.42 Å². The van der Waals surface area contributed by atoms with E-state index < -0.39 is 0 Å². The van der Waals surface area contributed by atoms with Gasteiger partial charge in [-0.05, 0) is 38.1 Å². The Labute approximate surface area is 121 Å². The van der Waals surface area contributed by atoms with Gasteiger partial charge in [0.1, 0.15) is 0 Å². The number of fused-ring (bicyclic) bond motifs is 1. The molecule has 0 atom stereocenters. The molecule has 0 spiro atoms. The number of nitrogen functional groups attached to an aromatic ring is 1. The van der Waals surface area contributed by atoms with E-state index in [4.69, 9.17) is 10.2 Å². The molecular formula is C14H16N6O. The van der Waals surface area contributed by atoms with Crippen LogP contribution in [0, 0.1) is 0 Å². The number of hydrogen-bond donors (Lipinski definition) is 2. The molecule has 0 saturated carbocycles. The molecule has 7 nitrogen and oxygen atoms in total. The summed E-state index contributed by atoms with van der Waals surface area (Å²) in [6.07, 6.45) is 3.74. The number of aromatic nitrogens is 4. The Bertz CT molecular complexity index is 757. The van der Waals surface area contributed by atoms with E-state index in [2.05, 4.69) is 20.4 Å². The first-order valence-corrected chi connectivity index (χ1v) is 7.09. The lowest BCUT2D eigenvalue weighted by atomic mass is 9.94. The van der Waals surface area contributed by atoms with Crippen LogP contribution < -0.4 is 11.1 Å². The highest BCUT2D eigenvalue weighted by molar-refractivity contribution is 5.54. The van der Waals surface area contributed by atoms with Gasteiger partial charge in [-0.3, -0.25) is 0 Å². The van der Waals surface area contributed by atoms with Crippen LogP contribution in [0.5, 0.6) is 0 Å². The van der Waals surface area contributed by atoms with Crippen LogP contribution in [0.15, 0.2) is 28.9 Å². The predicted molar refractivity (Wildman–Crippen MR) is 77.7 cm³/mol. The monoisotopic (exact) mass is 284 g/mol. The number of furan rings is 1. The fraction of sp³-hybridized carbons (Fsp3) is 0.357. The second kappa shape index (κ2) is 4.85. The van der Waals surface area contributed by atoms with Crippen molar-refractivity contribution >= 4 is 11.6 Å². The van der Waals surface area contributed by atoms with Crippen LogP contribution in [0.25, 0.3) is 17.2 Å². The molecule has 0 radical (unpaired) electrons. The maximum atomic E-state index is 6.03. The van der Waals surface area contributed by atoms with E-state index in [1.54, 1.807) is 10.8 Å². The average Bonchev–Trinajstić information content (AvgIpc) is 3.17. The number of hydrogen-bond acceptors (Lipinski definition) is 6. The maximum absolute atomic E-state index is 6.03. The predicted octanol–water partition coefficient (Wildman–Crippen LogP) is 1.43. The van der Waals surface area contributed by atoms with Crippen molar-refractivity contribution in [2.45, 2.75) is 18.8 Å². The molecule has 0 aliphatic carbocycles. The van der Waals surface area contributed by atoms with Crippen LogP contribution in [-0.4, -0.2) is 32.7 Å². The highest BCUT2D eigenvalue weighted by Crippen LogP contribution is 2.26. The summed E-state index contributed by atoms with van der Waals surface area (Å²) in [4.78, 5) is 8.99. The topological polar surface area (TPSA) is 94.3 Å². The Kier molecular flexibility index (Phi) is 2.85. The van der Waals surface area contributed by atoms with E-state index in [1.165, 1.54) is 0 Å². The molecule has 0 unspecified atom stereocenters. The van der Waals surface area contributed by atoms with Gasteiger partial charge < -0.3 is 15.5 Å². The van der Waals surface area contributed by atoms with Gasteiger partial charge in [0.15, 0.2) is 11.4 Å². The van der Waals surface area contributed by atoms with E-state index in [0.717, 1.165) is 31.6 Å². The molecule has 1 fully saturated rings. The highest BCUT2D eigenvalue weighted by atomic mass is 16.3. The molecule has 3 aromatic heterocycles. The molecule has 0 amide bonds. The third kappa shape index (κ3) is 2.15. The summed E-state index contributed by atoms with van der Waals surface area (Å²) in [5.74, 6) is 1.95. The standard InChI is InChI=1S/C14H16N6O/c15-14-17-10(9-3-5-16-6-4-9)8-12-18-13(19-20(12)14)11-2-1-7-21-11/h1-2,7-9,16H,3-6H2,(H2,15,17). The first kappa shape index (κ1) is 12.3. The van der Waals surface area contributed by atoms with Gasteiger partial charge in [-0.15, -0.1) is 5.10 Å². The van der Waals surface area contributed by atoms with Gasteiger partial charge in [-0.25, -0.2) is 9.97 Å². The molecule has 1 aliphatic heterocycles. The molecule has 3 N–H and O–H groups in total. The van der Waals surface area contributed by atoms with Crippen molar-refractivity contribution in [3.05, 3.63) is 30.2 Å². The smallest absolute Gasteiger partial charge is 0.223 e. The van der Waals surface area contributed by atoms with Crippen molar-refractivity contribution in [1.82, 2.24) is 24.9 Å². The summed E-state index contributed by atoms with van der Waals surface area (Å²) >= 11 is 0. The minimum Gasteiger partial charge on any atom is -0.461 e. The van der Waals surface area contributed by atoms with Gasteiger partial charge in [0, 0.05) is 12.0 Å². The zero-order valence-electron chi connectivity index (χ0n) is 11.5. The molecule has 0 aromatic carbocycles. The van der Waals surface area contributed by atoms with Gasteiger partial charge in [0.05, 0.1) is 12.0 Å². The second-order valence-electron chi connectivity index (χ2n) is 5.25. The van der Waals surface area contributed by atoms with Gasteiger partial charge in [0.25, 0.3) is 0 Å². The van der Waals surface area contributed by atoms with E-state index >= 15 is 0 Å². The van der Waals surface area contributed by atoms with Gasteiger partial charge in [0.2, 0.25) is 11.8 Å². The number of anilines is 1. The van der Waals surface area contributed by atoms with E-state index in [1.807, 2.05) is 18.2 Å². The molecule has 0 bridgehead atoms. The number of rotatable bonds is 2. The van der Waals surface area contributed by atoms with Gasteiger partial charge >= 0.3 is 0 Å². The summed E-state index contributed by atoms with van der Waals surface area (Å²) in [5.41, 5.74) is 7.74. The Hall–Kier alpha value is -2.41. The molecule has 4 rings (SSSR count). The van der Waals surface area contributed by atoms with E-state index in [9.17, 15) is 0 Å². The molecule has 1 aliphatic rings. The Balaban J connectivity index is 1.78. The first-order chi connectivity index (χ1) is 10.3. The average molecular weight is 284 g/mol. The van der Waals surface area contributed by atoms with E-state index in [-0.39, 0.29) is 0 Å². The quantitative estimate of drug-likeness (QED) is 0.739. The zero-order chi connectivity index (χ0) is 14.2. The van der Waals surface area contributed by atoms with Crippen molar-refractivity contribution in [2.75, 3.05) is 18.8 Å². The Morgan fingerprint density at radius 2 is 2.14 bits per heavy atom. The normalized spacial score (nSPS) is 16.6. The summed E-state index contributed by atoms with van der Waals surface area (Å²) in [5, 5.41) is 7.71. The van der Waals surface area contributed by atoms with Crippen LogP contribution in [0.4, 0.5) is 5.95 Å². The lowest BCUT2D eigenvalue weighted by Gasteiger charge is -2.22. The molecule has 7 heteroatoms. The largest absolute Gasteiger partial charge is 0.461 e. The van der Waals surface area contributed by atoms with Crippen molar-refractivity contribution in [1.29, 1.82) is 0 Å². The number of nitrogens with zero attached hydrogens (tertiary/aromatic N) is 4. The molecule has 3 aromatic rings. The summed E-state index contributed by atoms with van der Waals surface area (Å²) in [6.45, 7) is 2.03. The third-order valence-corrected chi connectivity index (χ3v) is 3.87. The SMILES string of the molecule is Nc1nc(C2CCNCC2)cc2nc(-c3ccco3)nn12. The van der Waals surface area contributed by atoms with Crippen LogP contribution >= 0.6 is 0 Å². The lowest BCUT2D eigenvalue weighted by molar-refractivity contribution is 0.453. The van der Waals surface area contributed by atoms with E-state index in [0.29, 0.717) is 29.1 Å². The molecule has 4 heterocycles. The summed E-state index contributed by atoms with van der Waals surface area (Å²) in [6, 6.07) is 5.61. The third-order valence-electron chi connectivity index (χ3n) is 3.87. The minimum absolute atomic E-state index is 0.367. The Morgan fingerprint density at radius 1 is 1.29 bits per heavy atom. The van der Waals surface area contributed by atoms with Crippen LogP contribution in [-0.2, 0) is 0 Å². The fourth-order valence-corrected chi connectivity index (χ4v) is 2.77. The number of nitrogens with one attached hydrogen (secondary N) is 1. The second-order valence-corrected chi connectivity index (χ2v) is 5.25. The summed E-state index contributed by atoms with van der Waals surface area (Å²) in [7, 11) is 0. The van der Waals surface area contributed by atoms with Crippen LogP contribution in [0.3, 0.4) is 0 Å². The molecule has 108 valence electrons. The minimum atomic E-state index is 0.367. The molecule has 21 heavy (non-hydrogen) atoms.